The molecule has 0 heterocycles. The molecular formula is C10H16O. The summed E-state index contributed by atoms with van der Waals surface area (Å²) in [4.78, 5) is 10.3. The standard InChI is InChI=1S/C10H16O/c1-9(8-11)7-10-5-3-2-4-6-10/h7-8,10H,2-6H2,1H3/b9-7-. The van der Waals surface area contributed by atoms with Gasteiger partial charge >= 0.3 is 0 Å². The zero-order valence-corrected chi connectivity index (χ0v) is 7.18. The second kappa shape index (κ2) is 4.32. The largest absolute Gasteiger partial charge is 0.298 e. The minimum atomic E-state index is 0.689. The highest BCUT2D eigenvalue weighted by Crippen LogP contribution is 2.25. The molecule has 1 aliphatic rings. The molecule has 0 radical (unpaired) electrons. The highest BCUT2D eigenvalue weighted by molar-refractivity contribution is 5.72. The van der Waals surface area contributed by atoms with Crippen LogP contribution in [-0.2, 0) is 4.79 Å². The van der Waals surface area contributed by atoms with Crippen molar-refractivity contribution in [2.24, 2.45) is 5.92 Å². The van der Waals surface area contributed by atoms with Gasteiger partial charge in [-0.15, -0.1) is 0 Å². The van der Waals surface area contributed by atoms with E-state index in [2.05, 4.69) is 6.08 Å². The molecule has 0 amide bonds. The molecule has 0 atom stereocenters. The van der Waals surface area contributed by atoms with Gasteiger partial charge in [0.25, 0.3) is 0 Å². The number of carbonyl (C=O) groups excluding carboxylic acids is 1. The predicted molar refractivity (Wildman–Crippen MR) is 46.4 cm³/mol. The lowest BCUT2D eigenvalue weighted by Gasteiger charge is -2.17. The number of rotatable bonds is 2. The Morgan fingerprint density at radius 2 is 1.91 bits per heavy atom. The lowest BCUT2D eigenvalue weighted by Crippen LogP contribution is -2.03. The maximum absolute atomic E-state index is 10.3. The molecule has 11 heavy (non-hydrogen) atoms. The van der Waals surface area contributed by atoms with Gasteiger partial charge in [0, 0.05) is 0 Å². The number of aldehydes is 1. The van der Waals surface area contributed by atoms with Gasteiger partial charge in [-0.25, -0.2) is 0 Å². The maximum Gasteiger partial charge on any atom is 0.145 e. The van der Waals surface area contributed by atoms with Crippen LogP contribution in [0.4, 0.5) is 0 Å². The number of hydrogen-bond acceptors (Lipinski definition) is 1. The predicted octanol–water partition coefficient (Wildman–Crippen LogP) is 2.71. The SMILES string of the molecule is C/C(C=O)=C/C1CCCCC1. The minimum absolute atomic E-state index is 0.689. The Morgan fingerprint density at radius 3 is 2.45 bits per heavy atom. The Bertz CT molecular complexity index is 152. The van der Waals surface area contributed by atoms with Crippen molar-refractivity contribution in [1.29, 1.82) is 0 Å². The Balaban J connectivity index is 2.40. The molecule has 1 heteroatoms. The quantitative estimate of drug-likeness (QED) is 0.439. The normalized spacial score (nSPS) is 21.7. The Morgan fingerprint density at radius 1 is 1.27 bits per heavy atom. The van der Waals surface area contributed by atoms with Gasteiger partial charge in [0.15, 0.2) is 0 Å². The second-order valence-electron chi connectivity index (χ2n) is 3.43. The van der Waals surface area contributed by atoms with Crippen LogP contribution in [0.25, 0.3) is 0 Å². The molecule has 0 aliphatic heterocycles. The molecule has 0 spiro atoms. The molecule has 0 aromatic carbocycles. The third kappa shape index (κ3) is 2.87. The van der Waals surface area contributed by atoms with Gasteiger partial charge in [-0.05, 0) is 31.3 Å². The van der Waals surface area contributed by atoms with Crippen LogP contribution in [0, 0.1) is 5.92 Å². The molecule has 0 aromatic heterocycles. The zero-order chi connectivity index (χ0) is 8.10. The molecule has 0 bridgehead atoms. The van der Waals surface area contributed by atoms with E-state index in [4.69, 9.17) is 0 Å². The van der Waals surface area contributed by atoms with Crippen molar-refractivity contribution in [2.45, 2.75) is 39.0 Å². The lowest BCUT2D eigenvalue weighted by atomic mass is 9.88. The molecule has 0 N–H and O–H groups in total. The van der Waals surface area contributed by atoms with Crippen LogP contribution in [0.2, 0.25) is 0 Å². The first kappa shape index (κ1) is 8.51. The van der Waals surface area contributed by atoms with E-state index < -0.39 is 0 Å². The van der Waals surface area contributed by atoms with E-state index in [1.807, 2.05) is 6.92 Å². The van der Waals surface area contributed by atoms with Crippen LogP contribution in [0.1, 0.15) is 39.0 Å². The van der Waals surface area contributed by atoms with Gasteiger partial charge in [-0.3, -0.25) is 4.79 Å². The summed E-state index contributed by atoms with van der Waals surface area (Å²) in [5.41, 5.74) is 0.900. The van der Waals surface area contributed by atoms with Crippen LogP contribution in [0.5, 0.6) is 0 Å². The van der Waals surface area contributed by atoms with E-state index in [1.54, 1.807) is 0 Å². The van der Waals surface area contributed by atoms with E-state index in [1.165, 1.54) is 32.1 Å². The molecule has 0 saturated heterocycles. The fraction of sp³-hybridized carbons (Fsp3) is 0.700. The van der Waals surface area contributed by atoms with Crippen molar-refractivity contribution >= 4 is 6.29 Å². The number of carbonyl (C=O) groups is 1. The minimum Gasteiger partial charge on any atom is -0.298 e. The molecular weight excluding hydrogens is 136 g/mol. The highest BCUT2D eigenvalue weighted by Gasteiger charge is 2.10. The fourth-order valence-corrected chi connectivity index (χ4v) is 1.71. The number of hydrogen-bond donors (Lipinski definition) is 0. The summed E-state index contributed by atoms with van der Waals surface area (Å²) >= 11 is 0. The first-order valence-electron chi connectivity index (χ1n) is 4.46. The van der Waals surface area contributed by atoms with E-state index >= 15 is 0 Å². The fourth-order valence-electron chi connectivity index (χ4n) is 1.71. The smallest absolute Gasteiger partial charge is 0.145 e. The molecule has 1 aliphatic carbocycles. The van der Waals surface area contributed by atoms with Crippen molar-refractivity contribution in [3.8, 4) is 0 Å². The summed E-state index contributed by atoms with van der Waals surface area (Å²) in [5.74, 6) is 0.689. The van der Waals surface area contributed by atoms with Gasteiger partial charge < -0.3 is 0 Å². The van der Waals surface area contributed by atoms with Crippen molar-refractivity contribution in [3.05, 3.63) is 11.6 Å². The monoisotopic (exact) mass is 152 g/mol. The molecule has 1 nitrogen and oxygen atoms in total. The van der Waals surface area contributed by atoms with Crippen LogP contribution < -0.4 is 0 Å². The van der Waals surface area contributed by atoms with Gasteiger partial charge in [0.2, 0.25) is 0 Å². The van der Waals surface area contributed by atoms with E-state index in [0.717, 1.165) is 11.9 Å². The second-order valence-corrected chi connectivity index (χ2v) is 3.43. The zero-order valence-electron chi connectivity index (χ0n) is 7.18. The van der Waals surface area contributed by atoms with Crippen LogP contribution >= 0.6 is 0 Å². The van der Waals surface area contributed by atoms with E-state index in [0.29, 0.717) is 5.92 Å². The molecule has 62 valence electrons. The van der Waals surface area contributed by atoms with Gasteiger partial charge in [-0.1, -0.05) is 25.3 Å². The summed E-state index contributed by atoms with van der Waals surface area (Å²) in [5, 5.41) is 0. The first-order valence-corrected chi connectivity index (χ1v) is 4.46. The van der Waals surface area contributed by atoms with Crippen LogP contribution in [0.15, 0.2) is 11.6 Å². The van der Waals surface area contributed by atoms with Crippen molar-refractivity contribution in [1.82, 2.24) is 0 Å². The summed E-state index contributed by atoms with van der Waals surface area (Å²) in [6.45, 7) is 1.89. The summed E-state index contributed by atoms with van der Waals surface area (Å²) in [6.07, 6.45) is 9.71. The highest BCUT2D eigenvalue weighted by atomic mass is 16.1. The summed E-state index contributed by atoms with van der Waals surface area (Å²) < 4.78 is 0. The van der Waals surface area contributed by atoms with E-state index in [-0.39, 0.29) is 0 Å². The molecule has 1 saturated carbocycles. The summed E-state index contributed by atoms with van der Waals surface area (Å²) in [7, 11) is 0. The van der Waals surface area contributed by atoms with Crippen molar-refractivity contribution in [2.75, 3.05) is 0 Å². The topological polar surface area (TPSA) is 17.1 Å². The Kier molecular flexibility index (Phi) is 3.34. The van der Waals surface area contributed by atoms with Crippen LogP contribution in [0.3, 0.4) is 0 Å². The molecule has 0 aromatic rings. The molecule has 1 fully saturated rings. The first-order chi connectivity index (χ1) is 5.33. The van der Waals surface area contributed by atoms with Crippen molar-refractivity contribution < 1.29 is 4.79 Å². The third-order valence-corrected chi connectivity index (χ3v) is 2.33. The van der Waals surface area contributed by atoms with Gasteiger partial charge in [0.05, 0.1) is 0 Å². The molecule has 1 rings (SSSR count). The average molecular weight is 152 g/mol. The summed E-state index contributed by atoms with van der Waals surface area (Å²) in [6, 6.07) is 0. The lowest BCUT2D eigenvalue weighted by molar-refractivity contribution is -0.104. The van der Waals surface area contributed by atoms with Gasteiger partial charge in [-0.2, -0.15) is 0 Å². The Labute approximate surface area is 68.5 Å². The Hall–Kier alpha value is -0.590. The maximum atomic E-state index is 10.3. The van der Waals surface area contributed by atoms with Crippen LogP contribution in [-0.4, -0.2) is 6.29 Å². The van der Waals surface area contributed by atoms with E-state index in [9.17, 15) is 4.79 Å². The number of allylic oxidation sites excluding steroid dienone is 2. The van der Waals surface area contributed by atoms with Crippen molar-refractivity contribution in [3.63, 3.8) is 0 Å². The average Bonchev–Trinajstić information content (AvgIpc) is 2.06. The van der Waals surface area contributed by atoms with Gasteiger partial charge in [0.1, 0.15) is 6.29 Å². The third-order valence-electron chi connectivity index (χ3n) is 2.33. The molecule has 0 unspecified atom stereocenters.